The number of benzene rings is 1. The van der Waals surface area contributed by atoms with Crippen molar-refractivity contribution in [2.45, 2.75) is 11.8 Å². The fraction of sp³-hybridized carbons (Fsp3) is 0.133. The highest BCUT2D eigenvalue weighted by atomic mass is 32.2. The molecule has 0 unspecified atom stereocenters. The second-order valence-corrected chi connectivity index (χ2v) is 5.24. The lowest BCUT2D eigenvalue weighted by atomic mass is 10.3. The summed E-state index contributed by atoms with van der Waals surface area (Å²) in [5.41, 5.74) is 1.53. The normalized spacial score (nSPS) is 10.0. The highest BCUT2D eigenvalue weighted by molar-refractivity contribution is 7.98. The van der Waals surface area contributed by atoms with Crippen LogP contribution in [0.5, 0.6) is 0 Å². The largest absolute Gasteiger partial charge is 0.318 e. The number of aryl methyl sites for hydroxylation is 1. The minimum absolute atomic E-state index is 0.355. The number of nitrogens with one attached hydrogen (secondary N) is 2. The Hall–Kier alpha value is -2.34. The van der Waals surface area contributed by atoms with E-state index in [-0.39, 0.29) is 0 Å². The van der Waals surface area contributed by atoms with Gasteiger partial charge in [0.2, 0.25) is 0 Å². The fourth-order valence-corrected chi connectivity index (χ4v) is 2.13. The molecule has 2 amide bonds. The molecule has 0 fully saturated rings. The predicted molar refractivity (Wildman–Crippen MR) is 84.5 cm³/mol. The van der Waals surface area contributed by atoms with Crippen LogP contribution in [0.15, 0.2) is 47.5 Å². The van der Waals surface area contributed by atoms with E-state index >= 15 is 0 Å². The minimum Gasteiger partial charge on any atom is -0.318 e. The molecule has 1 aromatic heterocycles. The van der Waals surface area contributed by atoms with Crippen molar-refractivity contribution >= 4 is 35.1 Å². The molecule has 0 atom stereocenters. The number of thioether (sulfide) groups is 1. The van der Waals surface area contributed by atoms with Crippen LogP contribution in [0.4, 0.5) is 11.5 Å². The van der Waals surface area contributed by atoms with E-state index in [1.54, 1.807) is 36.2 Å². The molecule has 0 radical (unpaired) electrons. The molecule has 0 spiro atoms. The lowest BCUT2D eigenvalue weighted by molar-refractivity contribution is -0.133. The Balaban J connectivity index is 2.01. The average Bonchev–Trinajstić information content (AvgIpc) is 2.47. The van der Waals surface area contributed by atoms with E-state index in [0.29, 0.717) is 11.5 Å². The number of carbonyl (C=O) groups excluding carboxylic acids is 2. The van der Waals surface area contributed by atoms with Gasteiger partial charge in [-0.05, 0) is 49.1 Å². The Morgan fingerprint density at radius 1 is 1.10 bits per heavy atom. The maximum atomic E-state index is 11.8. The van der Waals surface area contributed by atoms with Gasteiger partial charge in [0.1, 0.15) is 5.82 Å². The molecular formula is C15H15N3O2S. The molecule has 0 saturated carbocycles. The summed E-state index contributed by atoms with van der Waals surface area (Å²) in [5.74, 6) is -1.12. The van der Waals surface area contributed by atoms with E-state index in [2.05, 4.69) is 15.6 Å². The van der Waals surface area contributed by atoms with Gasteiger partial charge in [-0.3, -0.25) is 9.59 Å². The lowest BCUT2D eigenvalue weighted by Crippen LogP contribution is -2.29. The Morgan fingerprint density at radius 2 is 1.86 bits per heavy atom. The van der Waals surface area contributed by atoms with Gasteiger partial charge in [0.15, 0.2) is 0 Å². The summed E-state index contributed by atoms with van der Waals surface area (Å²) >= 11 is 1.56. The Kier molecular flexibility index (Phi) is 4.94. The molecule has 6 heteroatoms. The average molecular weight is 301 g/mol. The van der Waals surface area contributed by atoms with E-state index in [0.717, 1.165) is 10.5 Å². The standard InChI is InChI=1S/C15H15N3O2S/c1-10-6-7-16-13(8-10)18-15(20)14(19)17-11-4-3-5-12(9-11)21-2/h3-9H,1-2H3,(H,17,19)(H,16,18,20). The van der Waals surface area contributed by atoms with Gasteiger partial charge in [-0.2, -0.15) is 0 Å². The van der Waals surface area contributed by atoms with Crippen LogP contribution in [0, 0.1) is 6.92 Å². The zero-order valence-electron chi connectivity index (χ0n) is 11.7. The van der Waals surface area contributed by atoms with Crippen molar-refractivity contribution in [3.63, 3.8) is 0 Å². The molecule has 1 aromatic carbocycles. The third-order valence-corrected chi connectivity index (χ3v) is 3.42. The van der Waals surface area contributed by atoms with E-state index in [1.165, 1.54) is 0 Å². The predicted octanol–water partition coefficient (Wildman–Crippen LogP) is 2.69. The van der Waals surface area contributed by atoms with Crippen molar-refractivity contribution in [2.75, 3.05) is 16.9 Å². The summed E-state index contributed by atoms with van der Waals surface area (Å²) in [7, 11) is 0. The third kappa shape index (κ3) is 4.32. The number of nitrogens with zero attached hydrogens (tertiary/aromatic N) is 1. The lowest BCUT2D eigenvalue weighted by Gasteiger charge is -2.07. The van der Waals surface area contributed by atoms with Crippen LogP contribution in [0.2, 0.25) is 0 Å². The zero-order valence-corrected chi connectivity index (χ0v) is 12.5. The first kappa shape index (κ1) is 15.1. The molecule has 2 N–H and O–H groups in total. The molecule has 108 valence electrons. The van der Waals surface area contributed by atoms with Gasteiger partial charge in [-0.1, -0.05) is 6.07 Å². The van der Waals surface area contributed by atoms with Crippen LogP contribution < -0.4 is 10.6 Å². The first-order valence-electron chi connectivity index (χ1n) is 6.27. The van der Waals surface area contributed by atoms with Gasteiger partial charge in [-0.15, -0.1) is 11.8 Å². The molecule has 2 rings (SSSR count). The van der Waals surface area contributed by atoms with Crippen molar-refractivity contribution in [2.24, 2.45) is 0 Å². The molecule has 0 aliphatic carbocycles. The summed E-state index contributed by atoms with van der Waals surface area (Å²) in [6.07, 6.45) is 3.52. The SMILES string of the molecule is CSc1cccc(NC(=O)C(=O)Nc2cc(C)ccn2)c1. The van der Waals surface area contributed by atoms with Crippen LogP contribution in [0.1, 0.15) is 5.56 Å². The summed E-state index contributed by atoms with van der Waals surface area (Å²) in [6.45, 7) is 1.88. The van der Waals surface area contributed by atoms with Crippen LogP contribution in [-0.4, -0.2) is 23.1 Å². The maximum absolute atomic E-state index is 11.8. The summed E-state index contributed by atoms with van der Waals surface area (Å²) in [5, 5.41) is 5.02. The smallest absolute Gasteiger partial charge is 0.315 e. The van der Waals surface area contributed by atoms with Crippen LogP contribution in [0.25, 0.3) is 0 Å². The highest BCUT2D eigenvalue weighted by Gasteiger charge is 2.14. The van der Waals surface area contributed by atoms with Crippen LogP contribution >= 0.6 is 11.8 Å². The second kappa shape index (κ2) is 6.90. The summed E-state index contributed by atoms with van der Waals surface area (Å²) in [6, 6.07) is 10.8. The molecule has 0 aliphatic heterocycles. The summed E-state index contributed by atoms with van der Waals surface area (Å²) < 4.78 is 0. The van der Waals surface area contributed by atoms with E-state index in [9.17, 15) is 9.59 Å². The van der Waals surface area contributed by atoms with Crippen molar-refractivity contribution in [1.29, 1.82) is 0 Å². The number of hydrogen-bond acceptors (Lipinski definition) is 4. The number of aromatic nitrogens is 1. The molecule has 0 saturated heterocycles. The zero-order chi connectivity index (χ0) is 15.2. The van der Waals surface area contributed by atoms with Gasteiger partial charge < -0.3 is 10.6 Å². The Bertz CT molecular complexity index is 673. The van der Waals surface area contributed by atoms with E-state index in [1.807, 2.05) is 31.4 Å². The molecule has 0 aliphatic rings. The number of pyridine rings is 1. The first-order valence-corrected chi connectivity index (χ1v) is 7.50. The Morgan fingerprint density at radius 3 is 2.57 bits per heavy atom. The topological polar surface area (TPSA) is 71.1 Å². The third-order valence-electron chi connectivity index (χ3n) is 2.69. The second-order valence-electron chi connectivity index (χ2n) is 4.36. The first-order chi connectivity index (χ1) is 10.1. The molecule has 2 aromatic rings. The van der Waals surface area contributed by atoms with Crippen LogP contribution in [0.3, 0.4) is 0 Å². The van der Waals surface area contributed by atoms with Crippen molar-refractivity contribution in [1.82, 2.24) is 4.98 Å². The quantitative estimate of drug-likeness (QED) is 0.675. The van der Waals surface area contributed by atoms with Crippen molar-refractivity contribution in [3.05, 3.63) is 48.2 Å². The van der Waals surface area contributed by atoms with E-state index in [4.69, 9.17) is 0 Å². The van der Waals surface area contributed by atoms with Gasteiger partial charge >= 0.3 is 11.8 Å². The fourth-order valence-electron chi connectivity index (χ4n) is 1.67. The van der Waals surface area contributed by atoms with Crippen LogP contribution in [-0.2, 0) is 9.59 Å². The maximum Gasteiger partial charge on any atom is 0.315 e. The molecule has 1 heterocycles. The monoisotopic (exact) mass is 301 g/mol. The molecule has 5 nitrogen and oxygen atoms in total. The van der Waals surface area contributed by atoms with E-state index < -0.39 is 11.8 Å². The van der Waals surface area contributed by atoms with Gasteiger partial charge in [0.25, 0.3) is 0 Å². The number of rotatable bonds is 3. The molecular weight excluding hydrogens is 286 g/mol. The minimum atomic E-state index is -0.748. The van der Waals surface area contributed by atoms with Gasteiger partial charge in [0.05, 0.1) is 0 Å². The Labute approximate surface area is 127 Å². The molecule has 0 bridgehead atoms. The van der Waals surface area contributed by atoms with Crippen molar-refractivity contribution in [3.8, 4) is 0 Å². The number of hydrogen-bond donors (Lipinski definition) is 2. The van der Waals surface area contributed by atoms with Gasteiger partial charge in [-0.25, -0.2) is 4.98 Å². The molecule has 21 heavy (non-hydrogen) atoms. The van der Waals surface area contributed by atoms with Gasteiger partial charge in [0, 0.05) is 16.8 Å². The summed E-state index contributed by atoms with van der Waals surface area (Å²) in [4.78, 5) is 28.6. The highest BCUT2D eigenvalue weighted by Crippen LogP contribution is 2.18. The number of amides is 2. The number of carbonyl (C=O) groups is 2. The van der Waals surface area contributed by atoms with Crippen molar-refractivity contribution < 1.29 is 9.59 Å². The number of anilines is 2.